The molecule has 1 saturated heterocycles. The number of aliphatic imine (C=N–C) groups is 1. The number of hydrogen-bond donors (Lipinski definition) is 1. The zero-order chi connectivity index (χ0) is 12.8. The van der Waals surface area contributed by atoms with Gasteiger partial charge in [-0.2, -0.15) is 0 Å². The van der Waals surface area contributed by atoms with Crippen LogP contribution in [0, 0.1) is 11.8 Å². The van der Waals surface area contributed by atoms with Crippen LogP contribution in [0.2, 0.25) is 0 Å². The van der Waals surface area contributed by atoms with Crippen molar-refractivity contribution < 1.29 is 0 Å². The Hall–Kier alpha value is -0.180. The third-order valence-electron chi connectivity index (χ3n) is 4.36. The fourth-order valence-corrected chi connectivity index (χ4v) is 4.18. The van der Waals surface area contributed by atoms with Crippen molar-refractivity contribution in [1.82, 2.24) is 5.32 Å². The molecule has 0 radical (unpaired) electrons. The quantitative estimate of drug-likeness (QED) is 0.831. The summed E-state index contributed by atoms with van der Waals surface area (Å²) in [6.07, 6.45) is 9.57. The van der Waals surface area contributed by atoms with Crippen LogP contribution in [0.1, 0.15) is 58.8 Å². The van der Waals surface area contributed by atoms with Crippen molar-refractivity contribution in [2.24, 2.45) is 16.8 Å². The third kappa shape index (κ3) is 4.49. The molecule has 1 N–H and O–H groups in total. The number of rotatable bonds is 4. The van der Waals surface area contributed by atoms with Crippen molar-refractivity contribution in [3.63, 3.8) is 0 Å². The highest BCUT2D eigenvalue weighted by Crippen LogP contribution is 2.30. The molecule has 0 aromatic carbocycles. The first-order chi connectivity index (χ1) is 8.78. The minimum Gasteiger partial charge on any atom is -0.362 e. The Labute approximate surface area is 116 Å². The van der Waals surface area contributed by atoms with Gasteiger partial charge in [-0.1, -0.05) is 44.9 Å². The number of amidine groups is 1. The van der Waals surface area contributed by atoms with E-state index in [4.69, 9.17) is 4.99 Å². The van der Waals surface area contributed by atoms with Crippen LogP contribution in [-0.4, -0.2) is 23.5 Å². The van der Waals surface area contributed by atoms with Gasteiger partial charge in [0.25, 0.3) is 0 Å². The summed E-state index contributed by atoms with van der Waals surface area (Å²) in [5.41, 5.74) is 0. The van der Waals surface area contributed by atoms with E-state index in [2.05, 4.69) is 19.2 Å². The van der Waals surface area contributed by atoms with Gasteiger partial charge in [-0.3, -0.25) is 4.99 Å². The summed E-state index contributed by atoms with van der Waals surface area (Å²) in [6, 6.07) is 0.666. The van der Waals surface area contributed by atoms with E-state index in [0.29, 0.717) is 6.04 Å². The highest BCUT2D eigenvalue weighted by Gasteiger charge is 2.19. The summed E-state index contributed by atoms with van der Waals surface area (Å²) >= 11 is 1.91. The molecule has 1 aliphatic heterocycles. The van der Waals surface area contributed by atoms with Gasteiger partial charge in [-0.05, 0) is 37.5 Å². The van der Waals surface area contributed by atoms with Crippen LogP contribution in [0.25, 0.3) is 0 Å². The highest BCUT2D eigenvalue weighted by molar-refractivity contribution is 8.13. The SMILES string of the molecule is CCC1CCSC(=NCCC2CCCC(C)C2)N1. The molecule has 2 rings (SSSR count). The van der Waals surface area contributed by atoms with Crippen LogP contribution < -0.4 is 5.32 Å². The summed E-state index contributed by atoms with van der Waals surface area (Å²) < 4.78 is 0. The molecule has 0 spiro atoms. The van der Waals surface area contributed by atoms with E-state index in [-0.39, 0.29) is 0 Å². The first-order valence-electron chi connectivity index (χ1n) is 7.71. The minimum atomic E-state index is 0.666. The van der Waals surface area contributed by atoms with Gasteiger partial charge >= 0.3 is 0 Å². The molecule has 1 saturated carbocycles. The standard InChI is InChI=1S/C15H28N2S/c1-3-14-8-10-18-15(17-14)16-9-7-13-6-4-5-12(2)11-13/h12-14H,3-11H2,1-2H3,(H,16,17). The third-order valence-corrected chi connectivity index (χ3v) is 5.32. The largest absolute Gasteiger partial charge is 0.362 e. The van der Waals surface area contributed by atoms with Crippen LogP contribution >= 0.6 is 11.8 Å². The van der Waals surface area contributed by atoms with E-state index in [1.54, 1.807) is 0 Å². The molecule has 2 nitrogen and oxygen atoms in total. The van der Waals surface area contributed by atoms with Crippen molar-refractivity contribution in [3.05, 3.63) is 0 Å². The second-order valence-electron chi connectivity index (χ2n) is 6.00. The van der Waals surface area contributed by atoms with Crippen LogP contribution in [0.15, 0.2) is 4.99 Å². The van der Waals surface area contributed by atoms with Crippen molar-refractivity contribution in [1.29, 1.82) is 0 Å². The molecular formula is C15H28N2S. The van der Waals surface area contributed by atoms with Crippen molar-refractivity contribution in [2.75, 3.05) is 12.3 Å². The lowest BCUT2D eigenvalue weighted by Crippen LogP contribution is -2.37. The topological polar surface area (TPSA) is 24.4 Å². The van der Waals surface area contributed by atoms with Crippen molar-refractivity contribution in [3.8, 4) is 0 Å². The van der Waals surface area contributed by atoms with Gasteiger partial charge in [0, 0.05) is 18.3 Å². The maximum Gasteiger partial charge on any atom is 0.156 e. The Morgan fingerprint density at radius 2 is 2.22 bits per heavy atom. The number of thioether (sulfide) groups is 1. The highest BCUT2D eigenvalue weighted by atomic mass is 32.2. The Morgan fingerprint density at radius 3 is 3.00 bits per heavy atom. The van der Waals surface area contributed by atoms with E-state index in [1.165, 1.54) is 55.9 Å². The molecule has 3 atom stereocenters. The molecule has 104 valence electrons. The van der Waals surface area contributed by atoms with E-state index in [9.17, 15) is 0 Å². The maximum absolute atomic E-state index is 4.77. The monoisotopic (exact) mass is 268 g/mol. The second kappa shape index (κ2) is 7.42. The molecule has 0 aromatic heterocycles. The molecule has 1 heterocycles. The normalized spacial score (nSPS) is 35.4. The molecule has 3 unspecified atom stereocenters. The maximum atomic E-state index is 4.77. The van der Waals surface area contributed by atoms with Gasteiger partial charge in [-0.15, -0.1) is 0 Å². The fraction of sp³-hybridized carbons (Fsp3) is 0.933. The molecule has 2 aliphatic rings. The second-order valence-corrected chi connectivity index (χ2v) is 7.08. The molecule has 0 amide bonds. The average molecular weight is 268 g/mol. The average Bonchev–Trinajstić information content (AvgIpc) is 2.39. The lowest BCUT2D eigenvalue weighted by molar-refractivity contribution is 0.273. The van der Waals surface area contributed by atoms with E-state index in [1.807, 2.05) is 11.8 Å². The van der Waals surface area contributed by atoms with Crippen LogP contribution in [0.4, 0.5) is 0 Å². The van der Waals surface area contributed by atoms with E-state index < -0.39 is 0 Å². The minimum absolute atomic E-state index is 0.666. The summed E-state index contributed by atoms with van der Waals surface area (Å²) in [5, 5.41) is 4.77. The van der Waals surface area contributed by atoms with Gasteiger partial charge in [0.05, 0.1) is 0 Å². The van der Waals surface area contributed by atoms with Gasteiger partial charge in [0.2, 0.25) is 0 Å². The number of nitrogens with one attached hydrogen (secondary N) is 1. The Balaban J connectivity index is 1.70. The summed E-state index contributed by atoms with van der Waals surface area (Å²) in [4.78, 5) is 4.77. The van der Waals surface area contributed by atoms with Crippen LogP contribution in [0.5, 0.6) is 0 Å². The zero-order valence-electron chi connectivity index (χ0n) is 12.0. The van der Waals surface area contributed by atoms with Crippen molar-refractivity contribution in [2.45, 2.75) is 64.8 Å². The predicted molar refractivity (Wildman–Crippen MR) is 82.3 cm³/mol. The molecule has 0 aromatic rings. The van der Waals surface area contributed by atoms with Gasteiger partial charge < -0.3 is 5.32 Å². The lowest BCUT2D eigenvalue weighted by atomic mass is 9.81. The lowest BCUT2D eigenvalue weighted by Gasteiger charge is -2.27. The number of nitrogens with zero attached hydrogens (tertiary/aromatic N) is 1. The van der Waals surface area contributed by atoms with E-state index in [0.717, 1.165) is 18.4 Å². The number of hydrogen-bond acceptors (Lipinski definition) is 2. The van der Waals surface area contributed by atoms with Crippen LogP contribution in [0.3, 0.4) is 0 Å². The molecule has 1 aliphatic carbocycles. The van der Waals surface area contributed by atoms with Gasteiger partial charge in [-0.25, -0.2) is 0 Å². The van der Waals surface area contributed by atoms with E-state index >= 15 is 0 Å². The smallest absolute Gasteiger partial charge is 0.156 e. The zero-order valence-corrected chi connectivity index (χ0v) is 12.8. The molecule has 18 heavy (non-hydrogen) atoms. The molecular weight excluding hydrogens is 240 g/mol. The summed E-state index contributed by atoms with van der Waals surface area (Å²) in [5.74, 6) is 3.13. The Bertz CT molecular complexity index is 278. The van der Waals surface area contributed by atoms with Gasteiger partial charge in [0.1, 0.15) is 0 Å². The first-order valence-corrected chi connectivity index (χ1v) is 8.70. The Kier molecular flexibility index (Phi) is 5.87. The predicted octanol–water partition coefficient (Wildman–Crippen LogP) is 4.06. The van der Waals surface area contributed by atoms with Gasteiger partial charge in [0.15, 0.2) is 5.17 Å². The summed E-state index contributed by atoms with van der Waals surface area (Å²) in [7, 11) is 0. The fourth-order valence-electron chi connectivity index (χ4n) is 3.15. The molecule has 2 fully saturated rings. The van der Waals surface area contributed by atoms with Crippen LogP contribution in [-0.2, 0) is 0 Å². The molecule has 0 bridgehead atoms. The molecule has 3 heteroatoms. The Morgan fingerprint density at radius 1 is 1.33 bits per heavy atom. The first kappa shape index (κ1) is 14.2. The summed E-state index contributed by atoms with van der Waals surface area (Å²) in [6.45, 7) is 5.69. The van der Waals surface area contributed by atoms with Crippen molar-refractivity contribution >= 4 is 16.9 Å².